The van der Waals surface area contributed by atoms with Gasteiger partial charge in [0.1, 0.15) is 30.4 Å². The van der Waals surface area contributed by atoms with Crippen LogP contribution in [0.1, 0.15) is 53.1 Å². The van der Waals surface area contributed by atoms with Crippen molar-refractivity contribution in [2.75, 3.05) is 36.4 Å². The number of halogens is 1. The predicted molar refractivity (Wildman–Crippen MR) is 161 cm³/mol. The lowest BCUT2D eigenvalue weighted by Gasteiger charge is -2.27. The minimum atomic E-state index is -0.779. The molecule has 0 aromatic carbocycles. The van der Waals surface area contributed by atoms with E-state index in [1.165, 1.54) is 6.26 Å². The number of hydrogen-bond donors (Lipinski definition) is 2. The summed E-state index contributed by atoms with van der Waals surface area (Å²) in [5.41, 5.74) is 3.13. The lowest BCUT2D eigenvalue weighted by molar-refractivity contribution is -0.119. The van der Waals surface area contributed by atoms with Crippen molar-refractivity contribution in [3.63, 3.8) is 0 Å². The first kappa shape index (κ1) is 30.2. The van der Waals surface area contributed by atoms with E-state index in [1.807, 2.05) is 13.8 Å². The Hall–Kier alpha value is -3.25. The zero-order chi connectivity index (χ0) is 30.2. The second-order valence-corrected chi connectivity index (χ2v) is 17.0. The molecule has 0 aliphatic heterocycles. The Kier molecular flexibility index (Phi) is 8.75. The van der Waals surface area contributed by atoms with Gasteiger partial charge in [-0.15, -0.1) is 0 Å². The molecule has 0 saturated heterocycles. The van der Waals surface area contributed by atoms with Gasteiger partial charge in [0.2, 0.25) is 11.9 Å². The standard InChI is InChI=1S/C30H41FN6O4S/c1-17-23(15-41-36-17)29(38)34-27(26(20-7-8-20)21-9-10-21)30(39)33-24-12-11-22(28(31)32-24)25-18(2)35-37(19(25)3)16-40-13-14-42(4,5)6/h11-12,15,20-21,26-27H,7-10,13-14,16H2,1-6H3,(H,34,38)(H,32,33,39). The highest BCUT2D eigenvalue weighted by molar-refractivity contribution is 8.32. The summed E-state index contributed by atoms with van der Waals surface area (Å²) in [7, 11) is -0.654. The van der Waals surface area contributed by atoms with Gasteiger partial charge in [-0.05, 0) is 95.1 Å². The van der Waals surface area contributed by atoms with Gasteiger partial charge >= 0.3 is 0 Å². The highest BCUT2D eigenvalue weighted by atomic mass is 32.3. The van der Waals surface area contributed by atoms with E-state index in [-0.39, 0.29) is 18.5 Å². The highest BCUT2D eigenvalue weighted by Gasteiger charge is 2.48. The minimum Gasteiger partial charge on any atom is -0.364 e. The summed E-state index contributed by atoms with van der Waals surface area (Å²) in [4.78, 5) is 30.8. The van der Waals surface area contributed by atoms with E-state index in [1.54, 1.807) is 23.7 Å². The maximum Gasteiger partial charge on any atom is 0.257 e. The van der Waals surface area contributed by atoms with Crippen LogP contribution in [0.15, 0.2) is 22.9 Å². The zero-order valence-corrected chi connectivity index (χ0v) is 26.0. The average Bonchev–Trinajstić information content (AvgIpc) is 3.85. The second kappa shape index (κ2) is 12.2. The average molecular weight is 601 g/mol. The van der Waals surface area contributed by atoms with E-state index >= 15 is 4.39 Å². The van der Waals surface area contributed by atoms with Gasteiger partial charge in [0.25, 0.3) is 5.91 Å². The molecule has 2 fully saturated rings. The Morgan fingerprint density at radius 1 is 1.12 bits per heavy atom. The number of rotatable bonds is 13. The molecule has 0 spiro atoms. The molecule has 0 bridgehead atoms. The van der Waals surface area contributed by atoms with Crippen molar-refractivity contribution in [1.29, 1.82) is 0 Å². The number of nitrogens with zero attached hydrogens (tertiary/aromatic N) is 4. The Balaban J connectivity index is 1.31. The lowest BCUT2D eigenvalue weighted by Crippen LogP contribution is -2.50. The van der Waals surface area contributed by atoms with Crippen LogP contribution in [0, 0.1) is 44.5 Å². The van der Waals surface area contributed by atoms with E-state index in [2.05, 4.69) is 44.6 Å². The van der Waals surface area contributed by atoms with Gasteiger partial charge in [-0.3, -0.25) is 9.59 Å². The van der Waals surface area contributed by atoms with Crippen molar-refractivity contribution < 1.29 is 23.2 Å². The largest absolute Gasteiger partial charge is 0.364 e. The topological polar surface area (TPSA) is 124 Å². The molecule has 1 unspecified atom stereocenters. The first-order chi connectivity index (χ1) is 19.9. The number of aromatic nitrogens is 4. The zero-order valence-electron chi connectivity index (χ0n) is 25.2. The van der Waals surface area contributed by atoms with Crippen LogP contribution in [0.4, 0.5) is 10.2 Å². The molecule has 3 aromatic heterocycles. The Labute approximate surface area is 247 Å². The van der Waals surface area contributed by atoms with Crippen molar-refractivity contribution in [3.05, 3.63) is 47.0 Å². The van der Waals surface area contributed by atoms with E-state index in [0.29, 0.717) is 46.5 Å². The van der Waals surface area contributed by atoms with Crippen LogP contribution in [0.3, 0.4) is 0 Å². The molecule has 12 heteroatoms. The van der Waals surface area contributed by atoms with Crippen molar-refractivity contribution in [2.24, 2.45) is 17.8 Å². The summed E-state index contributed by atoms with van der Waals surface area (Å²) < 4.78 is 28.0. The smallest absolute Gasteiger partial charge is 0.257 e. The number of pyridine rings is 1. The molecule has 5 rings (SSSR count). The van der Waals surface area contributed by atoms with Gasteiger partial charge < -0.3 is 19.9 Å². The van der Waals surface area contributed by atoms with Crippen LogP contribution in [-0.4, -0.2) is 68.9 Å². The van der Waals surface area contributed by atoms with E-state index in [0.717, 1.165) is 37.1 Å². The monoisotopic (exact) mass is 600 g/mol. The third-order valence-electron chi connectivity index (χ3n) is 8.09. The van der Waals surface area contributed by atoms with Crippen LogP contribution in [-0.2, 0) is 16.3 Å². The van der Waals surface area contributed by atoms with Crippen molar-refractivity contribution >= 4 is 27.7 Å². The minimum absolute atomic E-state index is 0.0152. The number of aryl methyl sites for hydroxylation is 2. The van der Waals surface area contributed by atoms with Gasteiger partial charge in [-0.2, -0.15) is 9.49 Å². The molecule has 2 aliphatic rings. The van der Waals surface area contributed by atoms with Gasteiger partial charge in [-0.1, -0.05) is 5.16 Å². The second-order valence-electron chi connectivity index (χ2n) is 12.4. The number of ether oxygens (including phenoxy) is 1. The first-order valence-electron chi connectivity index (χ1n) is 14.4. The summed E-state index contributed by atoms with van der Waals surface area (Å²) in [6.45, 7) is 6.31. The van der Waals surface area contributed by atoms with Crippen LogP contribution in [0.5, 0.6) is 0 Å². The number of nitrogens with one attached hydrogen (secondary N) is 2. The molecule has 1 atom stereocenters. The fraction of sp³-hybridized carbons (Fsp3) is 0.567. The number of carbonyl (C=O) groups is 2. The maximum atomic E-state index is 15.5. The van der Waals surface area contributed by atoms with E-state index < -0.39 is 33.8 Å². The quantitative estimate of drug-likeness (QED) is 0.213. The molecule has 10 nitrogen and oxygen atoms in total. The van der Waals surface area contributed by atoms with Gasteiger partial charge in [-0.25, -0.2) is 19.7 Å². The molecular weight excluding hydrogens is 559 g/mol. The van der Waals surface area contributed by atoms with E-state index in [9.17, 15) is 9.59 Å². The van der Waals surface area contributed by atoms with Crippen LogP contribution in [0.25, 0.3) is 11.1 Å². The lowest BCUT2D eigenvalue weighted by atomic mass is 9.88. The third-order valence-corrected chi connectivity index (χ3v) is 9.48. The summed E-state index contributed by atoms with van der Waals surface area (Å²) in [5.74, 6) is 0.325. The van der Waals surface area contributed by atoms with Crippen LogP contribution < -0.4 is 10.6 Å². The molecule has 42 heavy (non-hydrogen) atoms. The van der Waals surface area contributed by atoms with Crippen LogP contribution >= 0.6 is 10.0 Å². The molecule has 228 valence electrons. The van der Waals surface area contributed by atoms with Gasteiger partial charge in [0, 0.05) is 22.6 Å². The Morgan fingerprint density at radius 3 is 2.38 bits per heavy atom. The molecule has 2 saturated carbocycles. The summed E-state index contributed by atoms with van der Waals surface area (Å²) in [5, 5.41) is 14.0. The normalized spacial score (nSPS) is 16.5. The molecule has 3 heterocycles. The fourth-order valence-electron chi connectivity index (χ4n) is 5.52. The summed E-state index contributed by atoms with van der Waals surface area (Å²) in [6.07, 6.45) is 12.1. The Bertz CT molecular complexity index is 1440. The molecule has 0 radical (unpaired) electrons. The highest BCUT2D eigenvalue weighted by Crippen LogP contribution is 2.51. The van der Waals surface area contributed by atoms with Crippen molar-refractivity contribution in [3.8, 4) is 11.1 Å². The number of carbonyl (C=O) groups excluding carboxylic acids is 2. The molecular formula is C30H41FN6O4S. The molecule has 2 aliphatic carbocycles. The maximum absolute atomic E-state index is 15.5. The molecule has 3 aromatic rings. The summed E-state index contributed by atoms with van der Waals surface area (Å²) in [6, 6.07) is 2.41. The van der Waals surface area contributed by atoms with E-state index in [4.69, 9.17) is 9.26 Å². The number of hydrogen-bond acceptors (Lipinski definition) is 7. The third kappa shape index (κ3) is 7.03. The fourth-order valence-corrected chi connectivity index (χ4v) is 6.14. The predicted octanol–water partition coefficient (Wildman–Crippen LogP) is 4.84. The van der Waals surface area contributed by atoms with Crippen LogP contribution in [0.2, 0.25) is 0 Å². The Morgan fingerprint density at radius 2 is 1.81 bits per heavy atom. The molecule has 2 amide bonds. The van der Waals surface area contributed by atoms with Gasteiger partial charge in [0.15, 0.2) is 0 Å². The molecule has 2 N–H and O–H groups in total. The van der Waals surface area contributed by atoms with Crippen molar-refractivity contribution in [1.82, 2.24) is 25.2 Å². The number of amides is 2. The SMILES string of the molecule is Cc1nocc1C(=O)NC(C(=O)Nc1ccc(-c2c(C)nn(COCCS(C)(C)C)c2C)c(F)n1)C(C1CC1)C1CC1. The first-order valence-corrected chi connectivity index (χ1v) is 17.4. The van der Waals surface area contributed by atoms with Gasteiger partial charge in [0.05, 0.1) is 18.0 Å². The summed E-state index contributed by atoms with van der Waals surface area (Å²) >= 11 is 0. The van der Waals surface area contributed by atoms with Crippen molar-refractivity contribution in [2.45, 2.75) is 59.2 Å². The number of anilines is 1.